The number of benzene rings is 2. The van der Waals surface area contributed by atoms with Crippen molar-refractivity contribution in [2.75, 3.05) is 5.32 Å². The van der Waals surface area contributed by atoms with Gasteiger partial charge in [0.05, 0.1) is 4.92 Å². The van der Waals surface area contributed by atoms with Crippen LogP contribution in [0, 0.1) is 24.0 Å². The van der Waals surface area contributed by atoms with Crippen LogP contribution in [0.25, 0.3) is 0 Å². The van der Waals surface area contributed by atoms with Crippen molar-refractivity contribution in [2.24, 2.45) is 0 Å². The van der Waals surface area contributed by atoms with Crippen molar-refractivity contribution < 1.29 is 4.92 Å². The van der Waals surface area contributed by atoms with Crippen LogP contribution in [0.3, 0.4) is 0 Å². The highest BCUT2D eigenvalue weighted by atomic mass is 16.6. The molecule has 0 aromatic heterocycles. The van der Waals surface area contributed by atoms with Crippen LogP contribution in [0.15, 0.2) is 42.5 Å². The average Bonchev–Trinajstić information content (AvgIpc) is 2.40. The maximum Gasteiger partial charge on any atom is 0.274 e. The van der Waals surface area contributed by atoms with Crippen molar-refractivity contribution in [1.82, 2.24) is 0 Å². The number of aryl methyl sites for hydroxylation is 2. The smallest absolute Gasteiger partial charge is 0.274 e. The molecule has 0 aliphatic heterocycles. The van der Waals surface area contributed by atoms with Gasteiger partial charge in [-0.2, -0.15) is 0 Å². The van der Waals surface area contributed by atoms with Crippen LogP contribution in [0.1, 0.15) is 29.7 Å². The lowest BCUT2D eigenvalue weighted by molar-refractivity contribution is -0.385. The third-order valence-corrected chi connectivity index (χ3v) is 3.33. The molecule has 0 heterocycles. The van der Waals surface area contributed by atoms with Crippen molar-refractivity contribution in [1.29, 1.82) is 0 Å². The van der Waals surface area contributed by atoms with Gasteiger partial charge in [-0.05, 0) is 32.4 Å². The molecule has 0 saturated carbocycles. The molecule has 0 amide bonds. The Labute approximate surface area is 118 Å². The molecule has 0 bridgehead atoms. The van der Waals surface area contributed by atoms with Gasteiger partial charge in [0.25, 0.3) is 5.69 Å². The van der Waals surface area contributed by atoms with Gasteiger partial charge in [-0.25, -0.2) is 0 Å². The van der Waals surface area contributed by atoms with Gasteiger partial charge in [0, 0.05) is 23.4 Å². The molecule has 0 spiro atoms. The number of hydrogen-bond acceptors (Lipinski definition) is 3. The van der Waals surface area contributed by atoms with Crippen LogP contribution in [0.5, 0.6) is 0 Å². The summed E-state index contributed by atoms with van der Waals surface area (Å²) in [6, 6.07) is 13.5. The van der Waals surface area contributed by atoms with E-state index in [1.54, 1.807) is 19.1 Å². The number of rotatable bonds is 4. The SMILES string of the molecule is Cc1cccc(C(C)Nc2ccc(C)c([N+](=O)[O-])c2)c1. The molecule has 104 valence electrons. The highest BCUT2D eigenvalue weighted by Crippen LogP contribution is 2.25. The Morgan fingerprint density at radius 1 is 1.15 bits per heavy atom. The molecule has 2 aromatic carbocycles. The predicted molar refractivity (Wildman–Crippen MR) is 81.1 cm³/mol. The quantitative estimate of drug-likeness (QED) is 0.662. The second-order valence-electron chi connectivity index (χ2n) is 5.04. The van der Waals surface area contributed by atoms with Gasteiger partial charge in [-0.15, -0.1) is 0 Å². The number of hydrogen-bond donors (Lipinski definition) is 1. The molecule has 1 N–H and O–H groups in total. The van der Waals surface area contributed by atoms with E-state index in [4.69, 9.17) is 0 Å². The lowest BCUT2D eigenvalue weighted by Crippen LogP contribution is -2.07. The topological polar surface area (TPSA) is 55.2 Å². The minimum atomic E-state index is -0.349. The van der Waals surface area contributed by atoms with Crippen LogP contribution in [0.2, 0.25) is 0 Å². The van der Waals surface area contributed by atoms with Gasteiger partial charge >= 0.3 is 0 Å². The van der Waals surface area contributed by atoms with E-state index in [1.807, 2.05) is 38.1 Å². The largest absolute Gasteiger partial charge is 0.378 e. The van der Waals surface area contributed by atoms with E-state index in [-0.39, 0.29) is 16.7 Å². The molecule has 1 atom stereocenters. The summed E-state index contributed by atoms with van der Waals surface area (Å²) in [6.07, 6.45) is 0. The van der Waals surface area contributed by atoms with Gasteiger partial charge < -0.3 is 5.32 Å². The number of anilines is 1. The summed E-state index contributed by atoms with van der Waals surface area (Å²) in [5, 5.41) is 14.3. The Kier molecular flexibility index (Phi) is 4.03. The van der Waals surface area contributed by atoms with Gasteiger partial charge in [-0.3, -0.25) is 10.1 Å². The van der Waals surface area contributed by atoms with Gasteiger partial charge in [0.2, 0.25) is 0 Å². The molecule has 0 saturated heterocycles. The summed E-state index contributed by atoms with van der Waals surface area (Å²) in [7, 11) is 0. The molecule has 0 fully saturated rings. The van der Waals surface area contributed by atoms with E-state index in [9.17, 15) is 10.1 Å². The molecule has 4 heteroatoms. The lowest BCUT2D eigenvalue weighted by atomic mass is 10.1. The number of nitro groups is 1. The zero-order valence-electron chi connectivity index (χ0n) is 11.9. The summed E-state index contributed by atoms with van der Waals surface area (Å²) in [4.78, 5) is 10.6. The van der Waals surface area contributed by atoms with Crippen LogP contribution >= 0.6 is 0 Å². The first-order valence-electron chi connectivity index (χ1n) is 6.55. The fraction of sp³-hybridized carbons (Fsp3) is 0.250. The molecule has 1 unspecified atom stereocenters. The lowest BCUT2D eigenvalue weighted by Gasteiger charge is -2.16. The van der Waals surface area contributed by atoms with E-state index in [1.165, 1.54) is 5.56 Å². The van der Waals surface area contributed by atoms with E-state index >= 15 is 0 Å². The molecule has 20 heavy (non-hydrogen) atoms. The third-order valence-electron chi connectivity index (χ3n) is 3.33. The number of nitrogens with zero attached hydrogens (tertiary/aromatic N) is 1. The van der Waals surface area contributed by atoms with Crippen molar-refractivity contribution in [3.8, 4) is 0 Å². The second kappa shape index (κ2) is 5.74. The highest BCUT2D eigenvalue weighted by molar-refractivity contribution is 5.55. The Morgan fingerprint density at radius 3 is 2.55 bits per heavy atom. The van der Waals surface area contributed by atoms with Crippen LogP contribution in [0.4, 0.5) is 11.4 Å². The monoisotopic (exact) mass is 270 g/mol. The van der Waals surface area contributed by atoms with E-state index in [0.717, 1.165) is 11.3 Å². The Hall–Kier alpha value is -2.36. The Balaban J connectivity index is 2.22. The fourth-order valence-corrected chi connectivity index (χ4v) is 2.17. The molecule has 4 nitrogen and oxygen atoms in total. The minimum absolute atomic E-state index is 0.0946. The molecule has 2 rings (SSSR count). The van der Waals surface area contributed by atoms with E-state index in [0.29, 0.717) is 5.56 Å². The molecular weight excluding hydrogens is 252 g/mol. The first-order chi connectivity index (χ1) is 9.47. The third kappa shape index (κ3) is 3.15. The van der Waals surface area contributed by atoms with Crippen molar-refractivity contribution in [2.45, 2.75) is 26.8 Å². The number of nitrogens with one attached hydrogen (secondary N) is 1. The molecule has 0 radical (unpaired) electrons. The first-order valence-corrected chi connectivity index (χ1v) is 6.55. The maximum atomic E-state index is 11.0. The van der Waals surface area contributed by atoms with Gasteiger partial charge in [-0.1, -0.05) is 35.9 Å². The molecule has 0 aliphatic rings. The summed E-state index contributed by atoms with van der Waals surface area (Å²) in [6.45, 7) is 5.83. The van der Waals surface area contributed by atoms with Crippen molar-refractivity contribution in [3.63, 3.8) is 0 Å². The Morgan fingerprint density at radius 2 is 1.90 bits per heavy atom. The predicted octanol–water partition coefficient (Wildman–Crippen LogP) is 4.38. The molecular formula is C16H18N2O2. The zero-order chi connectivity index (χ0) is 14.7. The summed E-state index contributed by atoms with van der Waals surface area (Å²) >= 11 is 0. The van der Waals surface area contributed by atoms with Crippen molar-refractivity contribution in [3.05, 3.63) is 69.3 Å². The molecule has 2 aromatic rings. The molecule has 0 aliphatic carbocycles. The van der Waals surface area contributed by atoms with Gasteiger partial charge in [0.1, 0.15) is 0 Å². The summed E-state index contributed by atoms with van der Waals surface area (Å²) in [5.74, 6) is 0. The van der Waals surface area contributed by atoms with Gasteiger partial charge in [0.15, 0.2) is 0 Å². The fourth-order valence-electron chi connectivity index (χ4n) is 2.17. The van der Waals surface area contributed by atoms with E-state index < -0.39 is 0 Å². The maximum absolute atomic E-state index is 11.0. The minimum Gasteiger partial charge on any atom is -0.378 e. The first kappa shape index (κ1) is 14.1. The number of nitro benzene ring substituents is 1. The van der Waals surface area contributed by atoms with Crippen LogP contribution in [-0.2, 0) is 0 Å². The average molecular weight is 270 g/mol. The normalized spacial score (nSPS) is 11.9. The Bertz CT molecular complexity index is 638. The summed E-state index contributed by atoms with van der Waals surface area (Å²) < 4.78 is 0. The standard InChI is InChI=1S/C16H18N2O2/c1-11-5-4-6-14(9-11)13(3)17-15-8-7-12(2)16(10-15)18(19)20/h4-10,13,17H,1-3H3. The van der Waals surface area contributed by atoms with Crippen molar-refractivity contribution >= 4 is 11.4 Å². The van der Waals surface area contributed by atoms with Crippen LogP contribution < -0.4 is 5.32 Å². The highest BCUT2D eigenvalue weighted by Gasteiger charge is 2.12. The zero-order valence-corrected chi connectivity index (χ0v) is 11.9. The second-order valence-corrected chi connectivity index (χ2v) is 5.04. The summed E-state index contributed by atoms with van der Waals surface area (Å²) in [5.41, 5.74) is 3.94. The van der Waals surface area contributed by atoms with E-state index in [2.05, 4.69) is 11.4 Å². The van der Waals surface area contributed by atoms with Crippen LogP contribution in [-0.4, -0.2) is 4.92 Å².